The second kappa shape index (κ2) is 6.44. The van der Waals surface area contributed by atoms with Crippen LogP contribution in [0.15, 0.2) is 0 Å². The number of methoxy groups -OCH3 is 1. The number of anilines is 2. The van der Waals surface area contributed by atoms with Gasteiger partial charge in [0.05, 0.1) is 22.2 Å². The van der Waals surface area contributed by atoms with Gasteiger partial charge in [-0.25, -0.2) is 0 Å². The number of primary amides is 1. The Hall–Kier alpha value is -1.60. The summed E-state index contributed by atoms with van der Waals surface area (Å²) in [6.45, 7) is 3.30. The summed E-state index contributed by atoms with van der Waals surface area (Å²) < 4.78 is 5.34. The number of rotatable bonds is 5. The van der Waals surface area contributed by atoms with Crippen molar-refractivity contribution in [3.05, 3.63) is 10.4 Å². The van der Waals surface area contributed by atoms with Gasteiger partial charge in [0.15, 0.2) is 5.78 Å². The Bertz CT molecular complexity index is 548. The van der Waals surface area contributed by atoms with E-state index in [4.69, 9.17) is 16.2 Å². The van der Waals surface area contributed by atoms with Crippen LogP contribution in [0.3, 0.4) is 0 Å². The summed E-state index contributed by atoms with van der Waals surface area (Å²) in [5.41, 5.74) is 11.9. The van der Waals surface area contributed by atoms with E-state index in [2.05, 4.69) is 4.90 Å². The van der Waals surface area contributed by atoms with Crippen molar-refractivity contribution in [3.8, 4) is 0 Å². The highest BCUT2D eigenvalue weighted by molar-refractivity contribution is 7.19. The molecule has 1 saturated heterocycles. The summed E-state index contributed by atoms with van der Waals surface area (Å²) in [4.78, 5) is 26.2. The molecule has 7 heteroatoms. The van der Waals surface area contributed by atoms with Crippen molar-refractivity contribution in [2.45, 2.75) is 32.3 Å². The fraction of sp³-hybridized carbons (Fsp3) is 0.571. The Morgan fingerprint density at radius 2 is 2.00 bits per heavy atom. The molecule has 0 aromatic carbocycles. The highest BCUT2D eigenvalue weighted by Gasteiger charge is 2.29. The van der Waals surface area contributed by atoms with Crippen molar-refractivity contribution in [2.24, 2.45) is 5.73 Å². The Morgan fingerprint density at radius 3 is 2.48 bits per heavy atom. The van der Waals surface area contributed by atoms with Gasteiger partial charge in [0.2, 0.25) is 0 Å². The normalized spacial score (nSPS) is 16.2. The van der Waals surface area contributed by atoms with Crippen LogP contribution < -0.4 is 16.4 Å². The van der Waals surface area contributed by atoms with E-state index in [0.29, 0.717) is 16.3 Å². The number of nitrogens with zero attached hydrogens (tertiary/aromatic N) is 1. The van der Waals surface area contributed by atoms with Gasteiger partial charge in [-0.2, -0.15) is 0 Å². The van der Waals surface area contributed by atoms with Crippen LogP contribution in [0.25, 0.3) is 0 Å². The van der Waals surface area contributed by atoms with Gasteiger partial charge in [-0.15, -0.1) is 11.3 Å². The van der Waals surface area contributed by atoms with Crippen LogP contribution in [0.5, 0.6) is 0 Å². The monoisotopic (exact) mass is 311 g/mol. The molecular formula is C14H21N3O3S. The molecule has 1 aliphatic rings. The molecule has 0 atom stereocenters. The number of nitrogens with two attached hydrogens (primary N) is 2. The van der Waals surface area contributed by atoms with Gasteiger partial charge >= 0.3 is 0 Å². The highest BCUT2D eigenvalue weighted by Crippen LogP contribution is 2.39. The van der Waals surface area contributed by atoms with E-state index >= 15 is 0 Å². The maximum Gasteiger partial charge on any atom is 0.253 e. The molecule has 6 nitrogen and oxygen atoms in total. The second-order valence-corrected chi connectivity index (χ2v) is 6.09. The first-order valence-electron chi connectivity index (χ1n) is 7.02. The molecular weight excluding hydrogens is 290 g/mol. The maximum absolute atomic E-state index is 11.9. The summed E-state index contributed by atoms with van der Waals surface area (Å²) in [6, 6.07) is 0. The van der Waals surface area contributed by atoms with Gasteiger partial charge in [-0.3, -0.25) is 9.59 Å². The minimum atomic E-state index is -0.581. The quantitative estimate of drug-likeness (QED) is 0.805. The van der Waals surface area contributed by atoms with Crippen molar-refractivity contribution in [1.82, 2.24) is 0 Å². The molecule has 0 radical (unpaired) electrons. The summed E-state index contributed by atoms with van der Waals surface area (Å²) >= 11 is 1.27. The van der Waals surface area contributed by atoms with Gasteiger partial charge in [-0.05, 0) is 12.8 Å². The fourth-order valence-electron chi connectivity index (χ4n) is 2.55. The van der Waals surface area contributed by atoms with Gasteiger partial charge in [0.25, 0.3) is 5.91 Å². The Morgan fingerprint density at radius 1 is 1.38 bits per heavy atom. The van der Waals surface area contributed by atoms with E-state index in [1.165, 1.54) is 11.3 Å². The molecule has 2 heterocycles. The number of hydrogen-bond donors (Lipinski definition) is 2. The van der Waals surface area contributed by atoms with E-state index in [0.717, 1.165) is 25.9 Å². The van der Waals surface area contributed by atoms with Crippen LogP contribution in [0.2, 0.25) is 0 Å². The first-order chi connectivity index (χ1) is 9.99. The fourth-order valence-corrected chi connectivity index (χ4v) is 3.84. The van der Waals surface area contributed by atoms with E-state index in [-0.39, 0.29) is 23.1 Å². The number of Topliss-reactive ketones (excluding diaryl/α,β-unsaturated/α-hetero) is 1. The van der Waals surface area contributed by atoms with Crippen LogP contribution >= 0.6 is 11.3 Å². The number of piperidine rings is 1. The van der Waals surface area contributed by atoms with Crippen molar-refractivity contribution < 1.29 is 14.3 Å². The lowest BCUT2D eigenvalue weighted by molar-refractivity contribution is 0.0819. The van der Waals surface area contributed by atoms with Gasteiger partial charge in [0, 0.05) is 26.6 Å². The van der Waals surface area contributed by atoms with E-state index in [9.17, 15) is 9.59 Å². The molecule has 1 amide bonds. The summed E-state index contributed by atoms with van der Waals surface area (Å²) in [5.74, 6) is -0.638. The molecule has 1 aromatic heterocycles. The largest absolute Gasteiger partial charge is 0.397 e. The third-order valence-corrected chi connectivity index (χ3v) is 5.12. The van der Waals surface area contributed by atoms with Gasteiger partial charge < -0.3 is 21.1 Å². The van der Waals surface area contributed by atoms with Crippen molar-refractivity contribution in [3.63, 3.8) is 0 Å². The lowest BCUT2D eigenvalue weighted by Crippen LogP contribution is -2.37. The first kappa shape index (κ1) is 15.8. The van der Waals surface area contributed by atoms with Crippen LogP contribution in [-0.2, 0) is 4.74 Å². The Balaban J connectivity index is 2.34. The van der Waals surface area contributed by atoms with Crippen molar-refractivity contribution >= 4 is 33.7 Å². The van der Waals surface area contributed by atoms with Gasteiger partial charge in [-0.1, -0.05) is 6.92 Å². The average molecular weight is 311 g/mol. The average Bonchev–Trinajstić information content (AvgIpc) is 2.84. The zero-order chi connectivity index (χ0) is 15.6. The molecule has 1 aromatic rings. The number of thiophene rings is 1. The molecule has 0 aliphatic carbocycles. The minimum Gasteiger partial charge on any atom is -0.397 e. The molecule has 4 N–H and O–H groups in total. The number of ether oxygens (including phenoxy) is 1. The number of carbonyl (C=O) groups is 2. The minimum absolute atomic E-state index is 0.0574. The van der Waals surface area contributed by atoms with E-state index < -0.39 is 5.91 Å². The predicted octanol–water partition coefficient (Wildman–Crippen LogP) is 1.64. The first-order valence-corrected chi connectivity index (χ1v) is 7.84. The second-order valence-electron chi connectivity index (χ2n) is 5.09. The molecule has 0 saturated carbocycles. The smallest absolute Gasteiger partial charge is 0.253 e. The summed E-state index contributed by atoms with van der Waals surface area (Å²) in [6.07, 6.45) is 2.36. The molecule has 2 rings (SSSR count). The number of hydrogen-bond acceptors (Lipinski definition) is 6. The molecule has 0 bridgehead atoms. The molecule has 1 aliphatic heterocycles. The maximum atomic E-state index is 11.9. The third kappa shape index (κ3) is 3.03. The van der Waals surface area contributed by atoms with E-state index in [1.807, 2.05) is 0 Å². The molecule has 21 heavy (non-hydrogen) atoms. The SMILES string of the molecule is CCC(=O)c1sc(N2CCC(OC)CC2)c(C(N)=O)c1N. The lowest BCUT2D eigenvalue weighted by atomic mass is 10.1. The molecule has 0 spiro atoms. The van der Waals surface area contributed by atoms with Crippen LogP contribution in [0.4, 0.5) is 10.7 Å². The summed E-state index contributed by atoms with van der Waals surface area (Å²) in [7, 11) is 1.70. The van der Waals surface area contributed by atoms with Crippen LogP contribution in [-0.4, -0.2) is 38.0 Å². The number of amides is 1. The lowest BCUT2D eigenvalue weighted by Gasteiger charge is -2.32. The molecule has 1 fully saturated rings. The predicted molar refractivity (Wildman–Crippen MR) is 84.1 cm³/mol. The Labute approximate surface area is 128 Å². The summed E-state index contributed by atoms with van der Waals surface area (Å²) in [5, 5.41) is 0.714. The van der Waals surface area contributed by atoms with Crippen molar-refractivity contribution in [2.75, 3.05) is 30.8 Å². The third-order valence-electron chi connectivity index (χ3n) is 3.81. The standard InChI is InChI=1S/C14H21N3O3S/c1-3-9(18)12-11(15)10(13(16)19)14(21-12)17-6-4-8(20-2)5-7-17/h8H,3-7,15H2,1-2H3,(H2,16,19). The number of carbonyl (C=O) groups excluding carboxylic acids is 2. The molecule has 116 valence electrons. The molecule has 0 unspecified atom stereocenters. The zero-order valence-electron chi connectivity index (χ0n) is 12.3. The van der Waals surface area contributed by atoms with Crippen LogP contribution in [0, 0.1) is 0 Å². The van der Waals surface area contributed by atoms with Crippen LogP contribution in [0.1, 0.15) is 46.2 Å². The number of nitrogen functional groups attached to an aromatic ring is 1. The topological polar surface area (TPSA) is 98.6 Å². The zero-order valence-corrected chi connectivity index (χ0v) is 13.2. The van der Waals surface area contributed by atoms with E-state index in [1.54, 1.807) is 14.0 Å². The Kier molecular flexibility index (Phi) is 4.84. The van der Waals surface area contributed by atoms with Gasteiger partial charge in [0.1, 0.15) is 5.00 Å². The number of ketones is 1. The van der Waals surface area contributed by atoms with Crippen molar-refractivity contribution in [1.29, 1.82) is 0 Å². The highest BCUT2D eigenvalue weighted by atomic mass is 32.1.